The number of hydrogen-bond donors (Lipinski definition) is 2. The van der Waals surface area contributed by atoms with Crippen LogP contribution in [0.25, 0.3) is 0 Å². The minimum atomic E-state index is -0.762. The molecule has 1 fully saturated rings. The predicted molar refractivity (Wildman–Crippen MR) is 66.6 cm³/mol. The third kappa shape index (κ3) is 3.43. The van der Waals surface area contributed by atoms with Gasteiger partial charge in [-0.1, -0.05) is 20.8 Å². The number of amides is 3. The normalized spacial score (nSPS) is 20.9. The van der Waals surface area contributed by atoms with E-state index in [0.29, 0.717) is 12.6 Å². The highest BCUT2D eigenvalue weighted by Gasteiger charge is 2.44. The number of urea groups is 1. The van der Waals surface area contributed by atoms with Crippen molar-refractivity contribution in [2.75, 3.05) is 13.1 Å². The lowest BCUT2D eigenvalue weighted by molar-refractivity contribution is -0.130. The molecule has 3 amide bonds. The van der Waals surface area contributed by atoms with E-state index in [4.69, 9.17) is 0 Å². The van der Waals surface area contributed by atoms with Gasteiger partial charge in [-0.05, 0) is 26.3 Å². The van der Waals surface area contributed by atoms with E-state index < -0.39 is 5.54 Å². The average molecular weight is 241 g/mol. The molecule has 98 valence electrons. The molecule has 1 aliphatic rings. The van der Waals surface area contributed by atoms with Crippen molar-refractivity contribution in [1.29, 1.82) is 0 Å². The molecule has 0 radical (unpaired) electrons. The van der Waals surface area contributed by atoms with Gasteiger partial charge in [0, 0.05) is 12.6 Å². The Hall–Kier alpha value is -1.10. The van der Waals surface area contributed by atoms with Crippen LogP contribution in [0.5, 0.6) is 0 Å². The lowest BCUT2D eigenvalue weighted by atomic mass is 10.1. The summed E-state index contributed by atoms with van der Waals surface area (Å²) in [6.07, 6.45) is 0. The van der Waals surface area contributed by atoms with E-state index in [1.165, 1.54) is 4.90 Å². The van der Waals surface area contributed by atoms with Crippen LogP contribution in [0, 0.1) is 5.92 Å². The summed E-state index contributed by atoms with van der Waals surface area (Å²) in [4.78, 5) is 24.9. The van der Waals surface area contributed by atoms with E-state index in [1.807, 2.05) is 6.92 Å². The van der Waals surface area contributed by atoms with Crippen LogP contribution in [-0.4, -0.2) is 41.5 Å². The van der Waals surface area contributed by atoms with Crippen LogP contribution >= 0.6 is 0 Å². The number of carbonyl (C=O) groups is 2. The van der Waals surface area contributed by atoms with Gasteiger partial charge in [-0.25, -0.2) is 4.79 Å². The summed E-state index contributed by atoms with van der Waals surface area (Å²) in [6.45, 7) is 10.9. The first kappa shape index (κ1) is 14.0. The van der Waals surface area contributed by atoms with E-state index in [1.54, 1.807) is 13.8 Å². The zero-order chi connectivity index (χ0) is 13.2. The Morgan fingerprint density at radius 3 is 2.29 bits per heavy atom. The third-order valence-electron chi connectivity index (χ3n) is 2.81. The van der Waals surface area contributed by atoms with Crippen LogP contribution in [-0.2, 0) is 4.79 Å². The molecule has 0 aromatic heterocycles. The van der Waals surface area contributed by atoms with Gasteiger partial charge in [0.25, 0.3) is 5.91 Å². The zero-order valence-corrected chi connectivity index (χ0v) is 11.3. The largest absolute Gasteiger partial charge is 0.325 e. The molecule has 0 aromatic carbocycles. The van der Waals surface area contributed by atoms with Crippen molar-refractivity contribution in [3.8, 4) is 0 Å². The first-order valence-corrected chi connectivity index (χ1v) is 6.11. The fourth-order valence-electron chi connectivity index (χ4n) is 1.80. The lowest BCUT2D eigenvalue weighted by Gasteiger charge is -2.21. The molecule has 1 rings (SSSR count). The molecule has 0 saturated carbocycles. The summed E-state index contributed by atoms with van der Waals surface area (Å²) in [5, 5.41) is 5.98. The van der Waals surface area contributed by atoms with E-state index in [2.05, 4.69) is 24.5 Å². The Kier molecular flexibility index (Phi) is 4.14. The molecule has 2 N–H and O–H groups in total. The number of imide groups is 1. The Morgan fingerprint density at radius 1 is 1.29 bits per heavy atom. The zero-order valence-electron chi connectivity index (χ0n) is 11.3. The van der Waals surface area contributed by atoms with Crippen molar-refractivity contribution < 1.29 is 9.59 Å². The Morgan fingerprint density at radius 2 is 1.88 bits per heavy atom. The van der Waals surface area contributed by atoms with Crippen LogP contribution in [0.3, 0.4) is 0 Å². The fourth-order valence-corrected chi connectivity index (χ4v) is 1.80. The fraction of sp³-hybridized carbons (Fsp3) is 0.833. The van der Waals surface area contributed by atoms with Crippen LogP contribution in [0.15, 0.2) is 0 Å². The Labute approximate surface area is 103 Å². The smallest absolute Gasteiger partial charge is 0.324 e. The lowest BCUT2D eigenvalue weighted by Crippen LogP contribution is -2.41. The van der Waals surface area contributed by atoms with Crippen LogP contribution in [0.4, 0.5) is 4.79 Å². The topological polar surface area (TPSA) is 61.4 Å². The molecule has 0 aliphatic carbocycles. The molecule has 0 spiro atoms. The average Bonchev–Trinajstić information content (AvgIpc) is 2.38. The van der Waals surface area contributed by atoms with E-state index >= 15 is 0 Å². The van der Waals surface area contributed by atoms with Crippen LogP contribution in [0.1, 0.15) is 34.6 Å². The van der Waals surface area contributed by atoms with Crippen molar-refractivity contribution in [2.24, 2.45) is 5.92 Å². The minimum Gasteiger partial charge on any atom is -0.324 e. The maximum Gasteiger partial charge on any atom is 0.325 e. The monoisotopic (exact) mass is 241 g/mol. The van der Waals surface area contributed by atoms with Crippen molar-refractivity contribution in [1.82, 2.24) is 15.5 Å². The van der Waals surface area contributed by atoms with Gasteiger partial charge >= 0.3 is 6.03 Å². The van der Waals surface area contributed by atoms with Gasteiger partial charge in [-0.15, -0.1) is 0 Å². The van der Waals surface area contributed by atoms with E-state index in [9.17, 15) is 9.59 Å². The van der Waals surface area contributed by atoms with Gasteiger partial charge in [0.15, 0.2) is 0 Å². The van der Waals surface area contributed by atoms with Crippen molar-refractivity contribution >= 4 is 11.9 Å². The van der Waals surface area contributed by atoms with Crippen LogP contribution < -0.4 is 10.6 Å². The summed E-state index contributed by atoms with van der Waals surface area (Å²) in [6, 6.07) is 0.133. The number of nitrogens with one attached hydrogen (secondary N) is 2. The molecular formula is C12H23N3O2. The van der Waals surface area contributed by atoms with Crippen molar-refractivity contribution in [2.45, 2.75) is 46.2 Å². The predicted octanol–water partition coefficient (Wildman–Crippen LogP) is 0.951. The van der Waals surface area contributed by atoms with Crippen LogP contribution in [0.2, 0.25) is 0 Å². The van der Waals surface area contributed by atoms with Crippen molar-refractivity contribution in [3.05, 3.63) is 0 Å². The SMILES string of the molecule is CC(CNC(C)C)CN1C(=O)NC(C)(C)C1=O. The summed E-state index contributed by atoms with van der Waals surface area (Å²) in [5.74, 6) is 0.111. The number of carbonyl (C=O) groups excluding carboxylic acids is 2. The quantitative estimate of drug-likeness (QED) is 0.705. The number of nitrogens with zero attached hydrogens (tertiary/aromatic N) is 1. The summed E-state index contributed by atoms with van der Waals surface area (Å²) >= 11 is 0. The molecule has 1 atom stereocenters. The number of hydrogen-bond acceptors (Lipinski definition) is 3. The highest BCUT2D eigenvalue weighted by Crippen LogP contribution is 2.17. The third-order valence-corrected chi connectivity index (χ3v) is 2.81. The molecule has 5 nitrogen and oxygen atoms in total. The summed E-state index contributed by atoms with van der Waals surface area (Å²) < 4.78 is 0. The molecule has 5 heteroatoms. The minimum absolute atomic E-state index is 0.140. The standard InChI is InChI=1S/C12H23N3O2/c1-8(2)13-6-9(3)7-15-10(16)12(4,5)14-11(15)17/h8-9,13H,6-7H2,1-5H3,(H,14,17). The summed E-state index contributed by atoms with van der Waals surface area (Å²) in [7, 11) is 0. The highest BCUT2D eigenvalue weighted by atomic mass is 16.2. The molecule has 1 aliphatic heterocycles. The van der Waals surface area contributed by atoms with Gasteiger partial charge in [0.2, 0.25) is 0 Å². The Balaban J connectivity index is 2.52. The first-order valence-electron chi connectivity index (χ1n) is 6.11. The first-order chi connectivity index (χ1) is 7.74. The molecule has 0 bridgehead atoms. The molecular weight excluding hydrogens is 218 g/mol. The van der Waals surface area contributed by atoms with Gasteiger partial charge in [0.05, 0.1) is 0 Å². The molecule has 17 heavy (non-hydrogen) atoms. The maximum atomic E-state index is 11.9. The van der Waals surface area contributed by atoms with Crippen molar-refractivity contribution in [3.63, 3.8) is 0 Å². The van der Waals surface area contributed by atoms with Gasteiger partial charge < -0.3 is 10.6 Å². The molecule has 1 heterocycles. The molecule has 1 unspecified atom stereocenters. The molecule has 1 saturated heterocycles. The van der Waals surface area contributed by atoms with E-state index in [-0.39, 0.29) is 17.9 Å². The summed E-state index contributed by atoms with van der Waals surface area (Å²) in [5.41, 5.74) is -0.762. The Bertz CT molecular complexity index is 313. The second kappa shape index (κ2) is 5.04. The highest BCUT2D eigenvalue weighted by molar-refractivity contribution is 6.06. The van der Waals surface area contributed by atoms with Gasteiger partial charge in [-0.3, -0.25) is 9.69 Å². The second-order valence-corrected chi connectivity index (χ2v) is 5.64. The molecule has 0 aromatic rings. The number of rotatable bonds is 5. The maximum absolute atomic E-state index is 11.9. The second-order valence-electron chi connectivity index (χ2n) is 5.64. The van der Waals surface area contributed by atoms with Gasteiger partial charge in [0.1, 0.15) is 5.54 Å². The van der Waals surface area contributed by atoms with E-state index in [0.717, 1.165) is 6.54 Å². The van der Waals surface area contributed by atoms with Gasteiger partial charge in [-0.2, -0.15) is 0 Å².